The molecule has 17 heavy (non-hydrogen) atoms. The average molecular weight is 231 g/mol. The fourth-order valence-corrected chi connectivity index (χ4v) is 1.52. The van der Waals surface area contributed by atoms with Crippen LogP contribution in [0.4, 0.5) is 0 Å². The second-order valence-corrected chi connectivity index (χ2v) is 3.76. The topological polar surface area (TPSA) is 81.1 Å². The summed E-state index contributed by atoms with van der Waals surface area (Å²) in [6.45, 7) is 0. The second kappa shape index (κ2) is 4.80. The molecule has 0 aliphatic rings. The molecule has 88 valence electrons. The highest BCUT2D eigenvalue weighted by atomic mass is 16.4. The zero-order chi connectivity index (χ0) is 12.3. The largest absolute Gasteiger partial charge is 0.480 e. The number of aliphatic carboxylic acids is 1. The van der Waals surface area contributed by atoms with E-state index in [0.29, 0.717) is 5.69 Å². The summed E-state index contributed by atoms with van der Waals surface area (Å²) in [5.41, 5.74) is 7.10. The first-order valence-corrected chi connectivity index (χ1v) is 5.23. The number of carbonyl (C=O) groups is 1. The SMILES string of the molecule is NC(Cc1cn(-c2ccccc2)cn1)C(=O)O. The summed E-state index contributed by atoms with van der Waals surface area (Å²) in [5, 5.41) is 8.71. The number of aromatic nitrogens is 2. The maximum Gasteiger partial charge on any atom is 0.320 e. The summed E-state index contributed by atoms with van der Waals surface area (Å²) in [5.74, 6) is -1.01. The number of para-hydroxylation sites is 1. The molecule has 1 atom stereocenters. The molecule has 1 aromatic carbocycles. The zero-order valence-corrected chi connectivity index (χ0v) is 9.15. The van der Waals surface area contributed by atoms with Crippen molar-refractivity contribution in [3.63, 3.8) is 0 Å². The Morgan fingerprint density at radius 3 is 2.76 bits per heavy atom. The average Bonchev–Trinajstić information content (AvgIpc) is 2.78. The van der Waals surface area contributed by atoms with Crippen LogP contribution in [0.25, 0.3) is 5.69 Å². The monoisotopic (exact) mass is 231 g/mol. The van der Waals surface area contributed by atoms with Crippen molar-refractivity contribution in [3.05, 3.63) is 48.5 Å². The molecular weight excluding hydrogens is 218 g/mol. The van der Waals surface area contributed by atoms with Gasteiger partial charge in [0.15, 0.2) is 0 Å². The summed E-state index contributed by atoms with van der Waals surface area (Å²) in [4.78, 5) is 14.8. The molecule has 0 saturated heterocycles. The Balaban J connectivity index is 2.14. The molecule has 0 radical (unpaired) electrons. The molecule has 1 aromatic heterocycles. The van der Waals surface area contributed by atoms with Gasteiger partial charge < -0.3 is 15.4 Å². The van der Waals surface area contributed by atoms with Gasteiger partial charge >= 0.3 is 5.97 Å². The smallest absolute Gasteiger partial charge is 0.320 e. The third-order valence-corrected chi connectivity index (χ3v) is 2.44. The van der Waals surface area contributed by atoms with E-state index in [2.05, 4.69) is 4.98 Å². The summed E-state index contributed by atoms with van der Waals surface area (Å²) in [7, 11) is 0. The number of nitrogens with zero attached hydrogens (tertiary/aromatic N) is 2. The fraction of sp³-hybridized carbons (Fsp3) is 0.167. The molecule has 0 bridgehead atoms. The van der Waals surface area contributed by atoms with E-state index in [1.165, 1.54) is 0 Å². The Morgan fingerprint density at radius 1 is 1.41 bits per heavy atom. The van der Waals surface area contributed by atoms with E-state index in [0.717, 1.165) is 5.69 Å². The van der Waals surface area contributed by atoms with Gasteiger partial charge in [0.25, 0.3) is 0 Å². The van der Waals surface area contributed by atoms with E-state index < -0.39 is 12.0 Å². The third kappa shape index (κ3) is 2.70. The predicted molar refractivity (Wildman–Crippen MR) is 62.9 cm³/mol. The first kappa shape index (κ1) is 11.3. The van der Waals surface area contributed by atoms with Crippen LogP contribution in [-0.2, 0) is 11.2 Å². The summed E-state index contributed by atoms with van der Waals surface area (Å²) in [6.07, 6.45) is 3.67. The Bertz CT molecular complexity index is 507. The van der Waals surface area contributed by atoms with E-state index in [-0.39, 0.29) is 6.42 Å². The van der Waals surface area contributed by atoms with Crippen molar-refractivity contribution in [1.29, 1.82) is 0 Å². The number of benzene rings is 1. The zero-order valence-electron chi connectivity index (χ0n) is 9.15. The van der Waals surface area contributed by atoms with E-state index >= 15 is 0 Å². The lowest BCUT2D eigenvalue weighted by atomic mass is 10.2. The first-order chi connectivity index (χ1) is 8.16. The number of nitrogens with two attached hydrogens (primary N) is 1. The van der Waals surface area contributed by atoms with E-state index in [1.807, 2.05) is 34.9 Å². The number of hydrogen-bond acceptors (Lipinski definition) is 3. The van der Waals surface area contributed by atoms with Gasteiger partial charge in [-0.2, -0.15) is 0 Å². The minimum absolute atomic E-state index is 0.231. The fourth-order valence-electron chi connectivity index (χ4n) is 1.52. The molecule has 0 aliphatic carbocycles. The third-order valence-electron chi connectivity index (χ3n) is 2.44. The number of rotatable bonds is 4. The van der Waals surface area contributed by atoms with Crippen LogP contribution in [0.15, 0.2) is 42.9 Å². The summed E-state index contributed by atoms with van der Waals surface area (Å²) in [6, 6.07) is 8.78. The number of imidazole rings is 1. The molecule has 5 nitrogen and oxygen atoms in total. The highest BCUT2D eigenvalue weighted by Crippen LogP contribution is 2.08. The van der Waals surface area contributed by atoms with Gasteiger partial charge in [-0.05, 0) is 12.1 Å². The molecule has 0 fully saturated rings. The van der Waals surface area contributed by atoms with Crippen LogP contribution in [0.2, 0.25) is 0 Å². The normalized spacial score (nSPS) is 12.3. The van der Waals surface area contributed by atoms with Gasteiger partial charge in [0.1, 0.15) is 6.04 Å². The van der Waals surface area contributed by atoms with Crippen molar-refractivity contribution in [2.75, 3.05) is 0 Å². The molecular formula is C12H13N3O2. The molecule has 1 heterocycles. The van der Waals surface area contributed by atoms with Gasteiger partial charge in [-0.3, -0.25) is 4.79 Å². The van der Waals surface area contributed by atoms with Crippen LogP contribution in [0.5, 0.6) is 0 Å². The standard InChI is InChI=1S/C12H13N3O2/c13-11(12(16)17)6-9-7-15(8-14-9)10-4-2-1-3-5-10/h1-5,7-8,11H,6,13H2,(H,16,17). The van der Waals surface area contributed by atoms with Crippen LogP contribution in [0.3, 0.4) is 0 Å². The van der Waals surface area contributed by atoms with Crippen molar-refractivity contribution in [2.45, 2.75) is 12.5 Å². The Hall–Kier alpha value is -2.14. The Labute approximate surface area is 98.5 Å². The van der Waals surface area contributed by atoms with Crippen molar-refractivity contribution >= 4 is 5.97 Å². The number of carboxylic acid groups (broad SMARTS) is 1. The molecule has 1 unspecified atom stereocenters. The van der Waals surface area contributed by atoms with Crippen LogP contribution in [0.1, 0.15) is 5.69 Å². The van der Waals surface area contributed by atoms with Gasteiger partial charge in [-0.1, -0.05) is 18.2 Å². The first-order valence-electron chi connectivity index (χ1n) is 5.23. The molecule has 2 rings (SSSR count). The van der Waals surface area contributed by atoms with Crippen LogP contribution in [0, 0.1) is 0 Å². The molecule has 0 spiro atoms. The van der Waals surface area contributed by atoms with Gasteiger partial charge in [-0.25, -0.2) is 4.98 Å². The van der Waals surface area contributed by atoms with Crippen LogP contribution >= 0.6 is 0 Å². The van der Waals surface area contributed by atoms with Crippen LogP contribution < -0.4 is 5.73 Å². The molecule has 3 N–H and O–H groups in total. The lowest BCUT2D eigenvalue weighted by Gasteiger charge is -2.02. The summed E-state index contributed by atoms with van der Waals surface area (Å²) < 4.78 is 1.84. The lowest BCUT2D eigenvalue weighted by molar-refractivity contribution is -0.138. The lowest BCUT2D eigenvalue weighted by Crippen LogP contribution is -2.32. The van der Waals surface area contributed by atoms with Crippen molar-refractivity contribution in [3.8, 4) is 5.69 Å². The Morgan fingerprint density at radius 2 is 2.12 bits per heavy atom. The van der Waals surface area contributed by atoms with E-state index in [9.17, 15) is 4.79 Å². The maximum atomic E-state index is 10.6. The molecule has 0 amide bonds. The number of carboxylic acids is 1. The summed E-state index contributed by atoms with van der Waals surface area (Å²) >= 11 is 0. The molecule has 0 aliphatic heterocycles. The van der Waals surface area contributed by atoms with Gasteiger partial charge in [0.05, 0.1) is 12.0 Å². The second-order valence-electron chi connectivity index (χ2n) is 3.76. The van der Waals surface area contributed by atoms with Crippen molar-refractivity contribution in [1.82, 2.24) is 9.55 Å². The van der Waals surface area contributed by atoms with Crippen LogP contribution in [-0.4, -0.2) is 26.7 Å². The van der Waals surface area contributed by atoms with Gasteiger partial charge in [0, 0.05) is 18.3 Å². The number of hydrogen-bond donors (Lipinski definition) is 2. The highest BCUT2D eigenvalue weighted by molar-refractivity contribution is 5.73. The molecule has 2 aromatic rings. The van der Waals surface area contributed by atoms with Gasteiger partial charge in [-0.15, -0.1) is 0 Å². The van der Waals surface area contributed by atoms with E-state index in [1.54, 1.807) is 12.5 Å². The highest BCUT2D eigenvalue weighted by Gasteiger charge is 2.13. The molecule has 5 heteroatoms. The quantitative estimate of drug-likeness (QED) is 0.816. The molecule has 0 saturated carbocycles. The predicted octanol–water partition coefficient (Wildman–Crippen LogP) is 0.827. The van der Waals surface area contributed by atoms with E-state index in [4.69, 9.17) is 10.8 Å². The minimum Gasteiger partial charge on any atom is -0.480 e. The van der Waals surface area contributed by atoms with Crippen molar-refractivity contribution < 1.29 is 9.90 Å². The van der Waals surface area contributed by atoms with Gasteiger partial charge in [0.2, 0.25) is 0 Å². The Kier molecular flexibility index (Phi) is 3.20. The maximum absolute atomic E-state index is 10.6. The minimum atomic E-state index is -1.01. The van der Waals surface area contributed by atoms with Crippen molar-refractivity contribution in [2.24, 2.45) is 5.73 Å².